The van der Waals surface area contributed by atoms with Crippen molar-refractivity contribution in [2.75, 3.05) is 37.8 Å². The van der Waals surface area contributed by atoms with Crippen LogP contribution in [0.1, 0.15) is 11.6 Å². The predicted octanol–water partition coefficient (Wildman–Crippen LogP) is 0.0874. The first kappa shape index (κ1) is 14.3. The molecule has 1 unspecified atom stereocenters. The Balaban J connectivity index is 1.71. The van der Waals surface area contributed by atoms with Crippen LogP contribution in [0, 0.1) is 0 Å². The number of thioether (sulfide) groups is 1. The molecule has 1 atom stereocenters. The molecule has 0 saturated carbocycles. The number of rotatable bonds is 3. The number of piperazine rings is 1. The Bertz CT molecular complexity index is 525. The summed E-state index contributed by atoms with van der Waals surface area (Å²) in [5.41, 5.74) is 1.03. The van der Waals surface area contributed by atoms with E-state index in [4.69, 9.17) is 0 Å². The number of hydrogen-bond acceptors (Lipinski definition) is 5. The topological polar surface area (TPSA) is 65.5 Å². The molecule has 2 fully saturated rings. The van der Waals surface area contributed by atoms with E-state index in [0.717, 1.165) is 18.7 Å². The van der Waals surface area contributed by atoms with Gasteiger partial charge in [-0.05, 0) is 11.6 Å². The van der Waals surface area contributed by atoms with Gasteiger partial charge in [0.15, 0.2) is 0 Å². The summed E-state index contributed by atoms with van der Waals surface area (Å²) in [4.78, 5) is 31.8. The molecule has 0 aromatic carbocycles. The first-order chi connectivity index (χ1) is 10.3. The van der Waals surface area contributed by atoms with Gasteiger partial charge in [-0.3, -0.25) is 14.6 Å². The van der Waals surface area contributed by atoms with Crippen LogP contribution in [0.4, 0.5) is 0 Å². The van der Waals surface area contributed by atoms with Crippen molar-refractivity contribution >= 4 is 23.6 Å². The van der Waals surface area contributed by atoms with Crippen LogP contribution >= 0.6 is 11.8 Å². The second-order valence-electron chi connectivity index (χ2n) is 5.16. The molecule has 2 saturated heterocycles. The summed E-state index contributed by atoms with van der Waals surface area (Å²) >= 11 is 1.56. The fourth-order valence-electron chi connectivity index (χ4n) is 2.67. The zero-order valence-electron chi connectivity index (χ0n) is 11.7. The number of carbonyl (C=O) groups excluding carboxylic acids is 2. The van der Waals surface area contributed by atoms with E-state index in [0.29, 0.717) is 18.2 Å². The van der Waals surface area contributed by atoms with Crippen molar-refractivity contribution in [1.29, 1.82) is 0 Å². The zero-order valence-corrected chi connectivity index (χ0v) is 12.5. The third kappa shape index (κ3) is 3.19. The number of hydrogen-bond donors (Lipinski definition) is 1. The maximum atomic E-state index is 12.6. The van der Waals surface area contributed by atoms with Gasteiger partial charge in [0, 0.05) is 32.0 Å². The van der Waals surface area contributed by atoms with Crippen molar-refractivity contribution in [2.24, 2.45) is 0 Å². The minimum Gasteiger partial charge on any atom is -0.331 e. The van der Waals surface area contributed by atoms with Crippen LogP contribution in [-0.4, -0.2) is 64.4 Å². The Labute approximate surface area is 127 Å². The molecule has 1 aromatic rings. The van der Waals surface area contributed by atoms with Crippen molar-refractivity contribution in [3.8, 4) is 0 Å². The van der Waals surface area contributed by atoms with Crippen LogP contribution in [0.3, 0.4) is 0 Å². The zero-order chi connectivity index (χ0) is 14.7. The molecule has 21 heavy (non-hydrogen) atoms. The van der Waals surface area contributed by atoms with E-state index < -0.39 is 0 Å². The average molecular weight is 306 g/mol. The number of nitrogens with one attached hydrogen (secondary N) is 1. The van der Waals surface area contributed by atoms with Crippen molar-refractivity contribution in [1.82, 2.24) is 20.1 Å². The Morgan fingerprint density at radius 3 is 3.14 bits per heavy atom. The Morgan fingerprint density at radius 2 is 2.43 bits per heavy atom. The van der Waals surface area contributed by atoms with Crippen LogP contribution in [-0.2, 0) is 9.59 Å². The summed E-state index contributed by atoms with van der Waals surface area (Å²) in [7, 11) is 0. The molecule has 1 N–H and O–H groups in total. The number of amides is 2. The van der Waals surface area contributed by atoms with E-state index >= 15 is 0 Å². The fraction of sp³-hybridized carbons (Fsp3) is 0.500. The molecule has 0 radical (unpaired) electrons. The van der Waals surface area contributed by atoms with Crippen molar-refractivity contribution in [3.63, 3.8) is 0 Å². The minimum absolute atomic E-state index is 0.00897. The molecule has 3 heterocycles. The molecule has 6 nitrogen and oxygen atoms in total. The van der Waals surface area contributed by atoms with Crippen LogP contribution in [0.2, 0.25) is 0 Å². The highest BCUT2D eigenvalue weighted by molar-refractivity contribution is 8.00. The summed E-state index contributed by atoms with van der Waals surface area (Å²) in [6.45, 7) is 2.35. The highest BCUT2D eigenvalue weighted by Crippen LogP contribution is 2.22. The fourth-order valence-corrected chi connectivity index (χ4v) is 3.57. The molecular formula is C14H18N4O2S. The van der Waals surface area contributed by atoms with E-state index in [2.05, 4.69) is 10.3 Å². The summed E-state index contributed by atoms with van der Waals surface area (Å²) < 4.78 is 0. The molecule has 0 spiro atoms. The molecule has 112 valence electrons. The van der Waals surface area contributed by atoms with E-state index in [1.54, 1.807) is 29.1 Å². The van der Waals surface area contributed by atoms with Gasteiger partial charge in [-0.2, -0.15) is 0 Å². The van der Waals surface area contributed by atoms with Gasteiger partial charge in [0.2, 0.25) is 11.8 Å². The molecule has 2 aliphatic rings. The van der Waals surface area contributed by atoms with Gasteiger partial charge < -0.3 is 15.1 Å². The van der Waals surface area contributed by atoms with Gasteiger partial charge in [-0.15, -0.1) is 11.8 Å². The third-order valence-electron chi connectivity index (χ3n) is 3.78. The van der Waals surface area contributed by atoms with Gasteiger partial charge in [0.05, 0.1) is 17.7 Å². The summed E-state index contributed by atoms with van der Waals surface area (Å²) in [6.07, 6.45) is 3.53. The van der Waals surface area contributed by atoms with Crippen LogP contribution in [0.5, 0.6) is 0 Å². The Hall–Kier alpha value is -1.60. The SMILES string of the molecule is O=C1CSCN1CC(=O)N1CCNCC1c1cccnc1. The van der Waals surface area contributed by atoms with E-state index in [1.165, 1.54) is 0 Å². The van der Waals surface area contributed by atoms with Crippen LogP contribution in [0.15, 0.2) is 24.5 Å². The summed E-state index contributed by atoms with van der Waals surface area (Å²) in [6, 6.07) is 3.86. The van der Waals surface area contributed by atoms with Crippen molar-refractivity contribution in [2.45, 2.75) is 6.04 Å². The van der Waals surface area contributed by atoms with E-state index in [-0.39, 0.29) is 24.4 Å². The Morgan fingerprint density at radius 1 is 1.52 bits per heavy atom. The lowest BCUT2D eigenvalue weighted by atomic mass is 10.1. The van der Waals surface area contributed by atoms with Crippen LogP contribution < -0.4 is 5.32 Å². The smallest absolute Gasteiger partial charge is 0.242 e. The van der Waals surface area contributed by atoms with Crippen molar-refractivity contribution < 1.29 is 9.59 Å². The van der Waals surface area contributed by atoms with Gasteiger partial charge in [0.25, 0.3) is 0 Å². The van der Waals surface area contributed by atoms with Crippen LogP contribution in [0.25, 0.3) is 0 Å². The van der Waals surface area contributed by atoms with E-state index in [1.807, 2.05) is 17.0 Å². The number of nitrogens with zero attached hydrogens (tertiary/aromatic N) is 3. The first-order valence-electron chi connectivity index (χ1n) is 7.01. The lowest BCUT2D eigenvalue weighted by molar-refractivity contribution is -0.140. The quantitative estimate of drug-likeness (QED) is 0.857. The average Bonchev–Trinajstić information content (AvgIpc) is 2.93. The molecule has 0 aliphatic carbocycles. The van der Waals surface area contributed by atoms with Gasteiger partial charge in [0.1, 0.15) is 6.54 Å². The number of pyridine rings is 1. The lowest BCUT2D eigenvalue weighted by Gasteiger charge is -2.37. The number of carbonyl (C=O) groups is 2. The largest absolute Gasteiger partial charge is 0.331 e. The monoisotopic (exact) mass is 306 g/mol. The molecule has 7 heteroatoms. The highest BCUT2D eigenvalue weighted by Gasteiger charge is 2.31. The second-order valence-corrected chi connectivity index (χ2v) is 6.12. The lowest BCUT2D eigenvalue weighted by Crippen LogP contribution is -2.51. The molecule has 1 aromatic heterocycles. The predicted molar refractivity (Wildman–Crippen MR) is 80.6 cm³/mol. The standard InChI is InChI=1S/C14H18N4O2S/c19-13(8-17-10-21-9-14(17)20)18-5-4-16-7-12(18)11-2-1-3-15-6-11/h1-3,6,12,16H,4-5,7-10H2. The molecule has 3 rings (SSSR count). The molecule has 0 bridgehead atoms. The minimum atomic E-state index is -0.00897. The molecular weight excluding hydrogens is 288 g/mol. The number of aromatic nitrogens is 1. The van der Waals surface area contributed by atoms with Gasteiger partial charge in [-0.1, -0.05) is 6.07 Å². The summed E-state index contributed by atoms with van der Waals surface area (Å²) in [5.74, 6) is 1.18. The first-order valence-corrected chi connectivity index (χ1v) is 8.17. The van der Waals surface area contributed by atoms with Gasteiger partial charge in [-0.25, -0.2) is 0 Å². The van der Waals surface area contributed by atoms with E-state index in [9.17, 15) is 9.59 Å². The summed E-state index contributed by atoms with van der Waals surface area (Å²) in [5, 5.41) is 3.31. The highest BCUT2D eigenvalue weighted by atomic mass is 32.2. The normalized spacial score (nSPS) is 22.7. The second kappa shape index (κ2) is 6.44. The maximum absolute atomic E-state index is 12.6. The van der Waals surface area contributed by atoms with Gasteiger partial charge >= 0.3 is 0 Å². The molecule has 2 amide bonds. The maximum Gasteiger partial charge on any atom is 0.242 e. The molecule has 2 aliphatic heterocycles. The van der Waals surface area contributed by atoms with Crippen molar-refractivity contribution in [3.05, 3.63) is 30.1 Å². The Kier molecular flexibility index (Phi) is 4.40. The third-order valence-corrected chi connectivity index (χ3v) is 4.73.